The molecule has 5 nitrogen and oxygen atoms in total. The lowest BCUT2D eigenvalue weighted by Gasteiger charge is -2.11. The van der Waals surface area contributed by atoms with E-state index in [1.165, 1.54) is 0 Å². The van der Waals surface area contributed by atoms with Gasteiger partial charge in [-0.2, -0.15) is 0 Å². The number of nitrogens with one attached hydrogen (secondary N) is 2. The van der Waals surface area contributed by atoms with E-state index in [-0.39, 0.29) is 12.5 Å². The molecule has 0 saturated carbocycles. The van der Waals surface area contributed by atoms with E-state index in [9.17, 15) is 9.90 Å². The first-order valence-electron chi connectivity index (χ1n) is 5.43. The lowest BCUT2D eigenvalue weighted by Crippen LogP contribution is -2.38. The number of rotatable bonds is 9. The van der Waals surface area contributed by atoms with Gasteiger partial charge in [-0.1, -0.05) is 6.92 Å². The van der Waals surface area contributed by atoms with Crippen LogP contribution in [0.3, 0.4) is 0 Å². The maximum Gasteiger partial charge on any atom is 0.233 e. The lowest BCUT2D eigenvalue weighted by atomic mass is 10.3. The number of ether oxygens (including phenoxy) is 1. The van der Waals surface area contributed by atoms with Crippen LogP contribution < -0.4 is 10.6 Å². The Morgan fingerprint density at radius 2 is 2.20 bits per heavy atom. The summed E-state index contributed by atoms with van der Waals surface area (Å²) in [4.78, 5) is 11.1. The van der Waals surface area contributed by atoms with Gasteiger partial charge in [-0.25, -0.2) is 0 Å². The molecule has 0 radical (unpaired) electrons. The third-order valence-corrected chi connectivity index (χ3v) is 1.75. The summed E-state index contributed by atoms with van der Waals surface area (Å²) < 4.78 is 5.03. The molecule has 0 aliphatic heterocycles. The number of aliphatic hydroxyl groups is 1. The summed E-state index contributed by atoms with van der Waals surface area (Å²) >= 11 is 0. The lowest BCUT2D eigenvalue weighted by molar-refractivity contribution is -0.120. The van der Waals surface area contributed by atoms with E-state index < -0.39 is 6.10 Å². The van der Waals surface area contributed by atoms with Crippen LogP contribution in [0, 0.1) is 0 Å². The third kappa shape index (κ3) is 9.65. The van der Waals surface area contributed by atoms with E-state index in [4.69, 9.17) is 4.74 Å². The van der Waals surface area contributed by atoms with Crippen LogP contribution in [0.2, 0.25) is 0 Å². The van der Waals surface area contributed by atoms with E-state index >= 15 is 0 Å². The van der Waals surface area contributed by atoms with Gasteiger partial charge in [-0.15, -0.1) is 0 Å². The first-order chi connectivity index (χ1) is 7.20. The minimum Gasteiger partial charge on any atom is -0.389 e. The molecule has 0 aromatic carbocycles. The molecule has 0 rings (SSSR count). The fourth-order valence-corrected chi connectivity index (χ4v) is 0.992. The Morgan fingerprint density at radius 3 is 2.80 bits per heavy atom. The van der Waals surface area contributed by atoms with Crippen LogP contribution in [0.1, 0.15) is 20.3 Å². The van der Waals surface area contributed by atoms with Crippen molar-refractivity contribution in [2.24, 2.45) is 0 Å². The summed E-state index contributed by atoms with van der Waals surface area (Å²) in [6, 6.07) is 0. The average Bonchev–Trinajstić information content (AvgIpc) is 2.23. The fraction of sp³-hybridized carbons (Fsp3) is 0.900. The number of carbonyl (C=O) groups excluding carboxylic acids is 1. The van der Waals surface area contributed by atoms with Crippen molar-refractivity contribution in [3.63, 3.8) is 0 Å². The van der Waals surface area contributed by atoms with E-state index in [0.717, 1.165) is 6.42 Å². The monoisotopic (exact) mass is 218 g/mol. The Kier molecular flexibility index (Phi) is 9.46. The quantitative estimate of drug-likeness (QED) is 0.488. The highest BCUT2D eigenvalue weighted by atomic mass is 16.5. The molecule has 3 N–H and O–H groups in total. The molecule has 1 amide bonds. The molecule has 0 fully saturated rings. The molecule has 0 heterocycles. The van der Waals surface area contributed by atoms with Crippen molar-refractivity contribution in [1.82, 2.24) is 10.6 Å². The van der Waals surface area contributed by atoms with Gasteiger partial charge in [0.1, 0.15) is 0 Å². The van der Waals surface area contributed by atoms with Gasteiger partial charge in [0.05, 0.1) is 19.3 Å². The average molecular weight is 218 g/mol. The maximum absolute atomic E-state index is 11.1. The van der Waals surface area contributed by atoms with E-state index in [1.54, 1.807) is 0 Å². The third-order valence-electron chi connectivity index (χ3n) is 1.75. The molecule has 0 aromatic rings. The molecule has 1 atom stereocenters. The smallest absolute Gasteiger partial charge is 0.233 e. The molecule has 0 spiro atoms. The molecule has 90 valence electrons. The molecular weight excluding hydrogens is 196 g/mol. The number of aliphatic hydroxyl groups excluding tert-OH is 1. The normalized spacial score (nSPS) is 12.5. The number of carbonyl (C=O) groups is 1. The zero-order valence-electron chi connectivity index (χ0n) is 9.58. The van der Waals surface area contributed by atoms with Crippen molar-refractivity contribution >= 4 is 5.91 Å². The fourth-order valence-electron chi connectivity index (χ4n) is 0.992. The molecule has 0 aromatic heterocycles. The van der Waals surface area contributed by atoms with Gasteiger partial charge >= 0.3 is 0 Å². The van der Waals surface area contributed by atoms with Crippen LogP contribution >= 0.6 is 0 Å². The predicted octanol–water partition coefficient (Wildman–Crippen LogP) is -0.500. The second-order valence-electron chi connectivity index (χ2n) is 3.29. The largest absolute Gasteiger partial charge is 0.389 e. The Labute approximate surface area is 91.2 Å². The summed E-state index contributed by atoms with van der Waals surface area (Å²) in [5.74, 6) is -0.0412. The van der Waals surface area contributed by atoms with E-state index in [0.29, 0.717) is 26.3 Å². The summed E-state index contributed by atoms with van der Waals surface area (Å²) in [6.07, 6.45) is 0.377. The minimum atomic E-state index is -0.552. The van der Waals surface area contributed by atoms with Crippen LogP contribution in [0.4, 0.5) is 0 Å². The summed E-state index contributed by atoms with van der Waals surface area (Å²) in [5, 5.41) is 14.9. The van der Waals surface area contributed by atoms with Crippen LogP contribution in [0.5, 0.6) is 0 Å². The number of hydrogen-bond donors (Lipinski definition) is 3. The predicted molar refractivity (Wildman–Crippen MR) is 58.7 cm³/mol. The first kappa shape index (κ1) is 14.3. The topological polar surface area (TPSA) is 70.6 Å². The summed E-state index contributed by atoms with van der Waals surface area (Å²) in [6.45, 7) is 6.08. The van der Waals surface area contributed by atoms with Crippen molar-refractivity contribution in [2.45, 2.75) is 26.4 Å². The molecule has 0 aliphatic rings. The van der Waals surface area contributed by atoms with Crippen molar-refractivity contribution < 1.29 is 14.6 Å². The molecule has 0 bridgehead atoms. The Bertz CT molecular complexity index is 165. The van der Waals surface area contributed by atoms with E-state index in [1.807, 2.05) is 13.8 Å². The van der Waals surface area contributed by atoms with Gasteiger partial charge in [0.15, 0.2) is 0 Å². The second-order valence-corrected chi connectivity index (χ2v) is 3.29. The van der Waals surface area contributed by atoms with Gasteiger partial charge < -0.3 is 20.5 Å². The van der Waals surface area contributed by atoms with Gasteiger partial charge in [-0.05, 0) is 13.3 Å². The van der Waals surface area contributed by atoms with Gasteiger partial charge in [0.25, 0.3) is 0 Å². The van der Waals surface area contributed by atoms with Crippen LogP contribution in [0.25, 0.3) is 0 Å². The molecule has 15 heavy (non-hydrogen) atoms. The van der Waals surface area contributed by atoms with Gasteiger partial charge in [-0.3, -0.25) is 4.79 Å². The first-order valence-corrected chi connectivity index (χ1v) is 5.43. The second kappa shape index (κ2) is 9.89. The van der Waals surface area contributed by atoms with Gasteiger partial charge in [0.2, 0.25) is 5.91 Å². The molecule has 1 unspecified atom stereocenters. The zero-order valence-corrected chi connectivity index (χ0v) is 9.58. The molecular formula is C10H22N2O3. The Hall–Kier alpha value is -0.650. The van der Waals surface area contributed by atoms with Crippen molar-refractivity contribution in [2.75, 3.05) is 32.8 Å². The Morgan fingerprint density at radius 1 is 1.47 bits per heavy atom. The Balaban J connectivity index is 3.31. The van der Waals surface area contributed by atoms with Crippen molar-refractivity contribution in [3.8, 4) is 0 Å². The van der Waals surface area contributed by atoms with Crippen molar-refractivity contribution in [1.29, 1.82) is 0 Å². The highest BCUT2D eigenvalue weighted by Crippen LogP contribution is 1.83. The number of hydrogen-bond acceptors (Lipinski definition) is 4. The zero-order chi connectivity index (χ0) is 11.5. The SMILES string of the molecule is CCCNC(=O)CNCC(O)COCC. The van der Waals surface area contributed by atoms with Gasteiger partial charge in [0, 0.05) is 19.7 Å². The van der Waals surface area contributed by atoms with Crippen LogP contribution in [-0.4, -0.2) is 50.0 Å². The minimum absolute atomic E-state index is 0.0412. The van der Waals surface area contributed by atoms with E-state index in [2.05, 4.69) is 10.6 Å². The maximum atomic E-state index is 11.1. The highest BCUT2D eigenvalue weighted by Gasteiger charge is 2.04. The van der Waals surface area contributed by atoms with Crippen LogP contribution in [-0.2, 0) is 9.53 Å². The van der Waals surface area contributed by atoms with Crippen LogP contribution in [0.15, 0.2) is 0 Å². The molecule has 0 saturated heterocycles. The van der Waals surface area contributed by atoms with Crippen molar-refractivity contribution in [3.05, 3.63) is 0 Å². The molecule has 0 aliphatic carbocycles. The summed E-state index contributed by atoms with van der Waals surface area (Å²) in [7, 11) is 0. The standard InChI is InChI=1S/C10H22N2O3/c1-3-5-12-10(14)7-11-6-9(13)8-15-4-2/h9,11,13H,3-8H2,1-2H3,(H,12,14). The molecule has 5 heteroatoms. The number of amides is 1. The summed E-state index contributed by atoms with van der Waals surface area (Å²) in [5.41, 5.74) is 0. The highest BCUT2D eigenvalue weighted by molar-refractivity contribution is 5.77.